The third-order valence-electron chi connectivity index (χ3n) is 4.70. The van der Waals surface area contributed by atoms with Gasteiger partial charge in [0.1, 0.15) is 12.4 Å². The van der Waals surface area contributed by atoms with Gasteiger partial charge in [-0.25, -0.2) is 4.98 Å². The molecule has 4 aromatic rings. The van der Waals surface area contributed by atoms with Gasteiger partial charge in [0.05, 0.1) is 23.6 Å². The lowest BCUT2D eigenvalue weighted by molar-refractivity contribution is 0.285. The molecule has 0 fully saturated rings. The molecule has 0 saturated heterocycles. The molecule has 4 rings (SSSR count). The molecule has 0 bridgehead atoms. The maximum atomic E-state index is 12.5. The van der Waals surface area contributed by atoms with E-state index in [0.29, 0.717) is 40.4 Å². The van der Waals surface area contributed by atoms with Gasteiger partial charge >= 0.3 is 0 Å². The average Bonchev–Trinajstić information content (AvgIpc) is 2.73. The van der Waals surface area contributed by atoms with Crippen molar-refractivity contribution < 1.29 is 9.47 Å². The highest BCUT2D eigenvalue weighted by atomic mass is 16.5. The van der Waals surface area contributed by atoms with Crippen molar-refractivity contribution in [2.24, 2.45) is 0 Å². The zero-order valence-corrected chi connectivity index (χ0v) is 15.7. The van der Waals surface area contributed by atoms with Gasteiger partial charge in [-0.1, -0.05) is 42.5 Å². The summed E-state index contributed by atoms with van der Waals surface area (Å²) < 4.78 is 11.6. The normalized spacial score (nSPS) is 10.8. The molecule has 140 valence electrons. The van der Waals surface area contributed by atoms with Crippen LogP contribution in [0.15, 0.2) is 71.5 Å². The number of aromatic amines is 1. The van der Waals surface area contributed by atoms with Gasteiger partial charge in [0, 0.05) is 0 Å². The van der Waals surface area contributed by atoms with Crippen LogP contribution in [0, 0.1) is 6.92 Å². The van der Waals surface area contributed by atoms with Gasteiger partial charge < -0.3 is 14.5 Å². The summed E-state index contributed by atoms with van der Waals surface area (Å²) in [5, 5.41) is 0.552. The van der Waals surface area contributed by atoms with Crippen molar-refractivity contribution in [3.63, 3.8) is 0 Å². The summed E-state index contributed by atoms with van der Waals surface area (Å²) in [7, 11) is 1.59. The SMILES string of the molecule is COc1cccc(-c2nc3ccccc3c(=O)[nH]2)c1OCc1ccccc1C. The smallest absolute Gasteiger partial charge is 0.259 e. The molecule has 0 aliphatic carbocycles. The molecule has 0 atom stereocenters. The van der Waals surface area contributed by atoms with Crippen LogP contribution in [0.4, 0.5) is 0 Å². The maximum Gasteiger partial charge on any atom is 0.259 e. The predicted molar refractivity (Wildman–Crippen MR) is 110 cm³/mol. The minimum atomic E-state index is -0.187. The molecule has 0 radical (unpaired) electrons. The summed E-state index contributed by atoms with van der Waals surface area (Å²) >= 11 is 0. The van der Waals surface area contributed by atoms with Gasteiger partial charge in [0.2, 0.25) is 0 Å². The van der Waals surface area contributed by atoms with Crippen LogP contribution in [-0.2, 0) is 6.61 Å². The maximum absolute atomic E-state index is 12.5. The van der Waals surface area contributed by atoms with Gasteiger partial charge in [-0.15, -0.1) is 0 Å². The standard InChI is InChI=1S/C23H20N2O3/c1-15-8-3-4-9-16(15)14-28-21-18(11-7-13-20(21)27-2)22-24-19-12-6-5-10-17(19)23(26)25-22/h3-13H,14H2,1-2H3,(H,24,25,26). The number of ether oxygens (including phenoxy) is 2. The van der Waals surface area contributed by atoms with E-state index in [9.17, 15) is 4.79 Å². The Morgan fingerprint density at radius 3 is 2.57 bits per heavy atom. The number of methoxy groups -OCH3 is 1. The fourth-order valence-corrected chi connectivity index (χ4v) is 3.15. The number of hydrogen-bond donors (Lipinski definition) is 1. The Hall–Kier alpha value is -3.60. The first kappa shape index (κ1) is 17.8. The summed E-state index contributed by atoms with van der Waals surface area (Å²) in [6, 6.07) is 20.9. The number of fused-ring (bicyclic) bond motifs is 1. The molecule has 0 unspecified atom stereocenters. The van der Waals surface area contributed by atoms with Gasteiger partial charge in [-0.05, 0) is 42.3 Å². The van der Waals surface area contributed by atoms with E-state index in [2.05, 4.69) is 9.97 Å². The molecular formula is C23H20N2O3. The molecule has 0 spiro atoms. The van der Waals surface area contributed by atoms with Crippen molar-refractivity contribution in [1.29, 1.82) is 0 Å². The average molecular weight is 372 g/mol. The monoisotopic (exact) mass is 372 g/mol. The minimum Gasteiger partial charge on any atom is -0.493 e. The molecule has 5 nitrogen and oxygen atoms in total. The molecule has 1 N–H and O–H groups in total. The van der Waals surface area contributed by atoms with E-state index in [4.69, 9.17) is 9.47 Å². The zero-order chi connectivity index (χ0) is 19.5. The zero-order valence-electron chi connectivity index (χ0n) is 15.7. The third-order valence-corrected chi connectivity index (χ3v) is 4.70. The van der Waals surface area contributed by atoms with Crippen LogP contribution in [0.5, 0.6) is 11.5 Å². The third kappa shape index (κ3) is 3.34. The lowest BCUT2D eigenvalue weighted by atomic mass is 10.1. The largest absolute Gasteiger partial charge is 0.493 e. The lowest BCUT2D eigenvalue weighted by Gasteiger charge is -2.16. The number of H-pyrrole nitrogens is 1. The fourth-order valence-electron chi connectivity index (χ4n) is 3.15. The quantitative estimate of drug-likeness (QED) is 0.561. The molecule has 5 heteroatoms. The molecule has 0 amide bonds. The molecule has 28 heavy (non-hydrogen) atoms. The van der Waals surface area contributed by atoms with Crippen LogP contribution in [0.2, 0.25) is 0 Å². The van der Waals surface area contributed by atoms with Crippen LogP contribution in [0.1, 0.15) is 11.1 Å². The Balaban J connectivity index is 1.80. The molecule has 0 saturated carbocycles. The van der Waals surface area contributed by atoms with E-state index >= 15 is 0 Å². The second-order valence-electron chi connectivity index (χ2n) is 6.48. The minimum absolute atomic E-state index is 0.187. The van der Waals surface area contributed by atoms with Crippen LogP contribution in [0.25, 0.3) is 22.3 Å². The first-order valence-corrected chi connectivity index (χ1v) is 9.01. The van der Waals surface area contributed by atoms with E-state index < -0.39 is 0 Å². The van der Waals surface area contributed by atoms with Gasteiger partial charge in [0.25, 0.3) is 5.56 Å². The number of hydrogen-bond acceptors (Lipinski definition) is 4. The molecule has 1 aromatic heterocycles. The van der Waals surface area contributed by atoms with Crippen molar-refractivity contribution in [2.75, 3.05) is 7.11 Å². The van der Waals surface area contributed by atoms with Crippen molar-refractivity contribution in [3.8, 4) is 22.9 Å². The molecular weight excluding hydrogens is 352 g/mol. The van der Waals surface area contributed by atoms with Gasteiger partial charge in [-0.3, -0.25) is 4.79 Å². The number of aryl methyl sites for hydroxylation is 1. The summed E-state index contributed by atoms with van der Waals surface area (Å²) in [5.41, 5.74) is 3.36. The Kier molecular flexibility index (Phi) is 4.81. The number of nitrogens with zero attached hydrogens (tertiary/aromatic N) is 1. The molecule has 0 aliphatic heterocycles. The Morgan fingerprint density at radius 1 is 0.964 bits per heavy atom. The van der Waals surface area contributed by atoms with Crippen LogP contribution >= 0.6 is 0 Å². The van der Waals surface area contributed by atoms with E-state index in [1.54, 1.807) is 13.2 Å². The number of nitrogens with one attached hydrogen (secondary N) is 1. The summed E-state index contributed by atoms with van der Waals surface area (Å²) in [6.07, 6.45) is 0. The highest BCUT2D eigenvalue weighted by Gasteiger charge is 2.16. The number of para-hydroxylation sites is 2. The molecule has 0 aliphatic rings. The summed E-state index contributed by atoms with van der Waals surface area (Å²) in [5.74, 6) is 1.58. The van der Waals surface area contributed by atoms with E-state index in [1.807, 2.05) is 67.6 Å². The summed E-state index contributed by atoms with van der Waals surface area (Å²) in [4.78, 5) is 20.0. The number of aromatic nitrogens is 2. The van der Waals surface area contributed by atoms with Crippen molar-refractivity contribution in [1.82, 2.24) is 9.97 Å². The first-order valence-electron chi connectivity index (χ1n) is 9.01. The second kappa shape index (κ2) is 7.56. The highest BCUT2D eigenvalue weighted by Crippen LogP contribution is 2.37. The Labute approximate surface area is 162 Å². The number of rotatable bonds is 5. The van der Waals surface area contributed by atoms with Gasteiger partial charge in [0.15, 0.2) is 11.5 Å². The van der Waals surface area contributed by atoms with Crippen LogP contribution in [-0.4, -0.2) is 17.1 Å². The van der Waals surface area contributed by atoms with E-state index in [0.717, 1.165) is 11.1 Å². The van der Waals surface area contributed by atoms with E-state index in [-0.39, 0.29) is 5.56 Å². The fraction of sp³-hybridized carbons (Fsp3) is 0.130. The highest BCUT2D eigenvalue weighted by molar-refractivity contribution is 5.80. The number of benzene rings is 3. The summed E-state index contributed by atoms with van der Waals surface area (Å²) in [6.45, 7) is 2.43. The van der Waals surface area contributed by atoms with E-state index in [1.165, 1.54) is 0 Å². The van der Waals surface area contributed by atoms with Crippen molar-refractivity contribution in [2.45, 2.75) is 13.5 Å². The topological polar surface area (TPSA) is 64.2 Å². The Morgan fingerprint density at radius 2 is 1.75 bits per heavy atom. The molecule has 1 heterocycles. The van der Waals surface area contributed by atoms with Crippen LogP contribution in [0.3, 0.4) is 0 Å². The Bertz CT molecular complexity index is 1200. The van der Waals surface area contributed by atoms with Crippen molar-refractivity contribution in [3.05, 3.63) is 88.2 Å². The molecule has 3 aromatic carbocycles. The lowest BCUT2D eigenvalue weighted by Crippen LogP contribution is -2.10. The van der Waals surface area contributed by atoms with Crippen LogP contribution < -0.4 is 15.0 Å². The predicted octanol–water partition coefficient (Wildman–Crippen LogP) is 4.49. The van der Waals surface area contributed by atoms with Gasteiger partial charge in [-0.2, -0.15) is 0 Å². The van der Waals surface area contributed by atoms with Crippen molar-refractivity contribution >= 4 is 10.9 Å². The second-order valence-corrected chi connectivity index (χ2v) is 6.48. The first-order chi connectivity index (χ1) is 13.7.